The molecule has 0 bridgehead atoms. The van der Waals surface area contributed by atoms with Crippen molar-refractivity contribution in [2.24, 2.45) is 0 Å². The first-order valence-electron chi connectivity index (χ1n) is 9.01. The Kier molecular flexibility index (Phi) is 5.57. The van der Waals surface area contributed by atoms with Crippen molar-refractivity contribution in [2.45, 2.75) is 13.5 Å². The predicted molar refractivity (Wildman–Crippen MR) is 117 cm³/mol. The maximum Gasteiger partial charge on any atom is 0.281 e. The van der Waals surface area contributed by atoms with Crippen molar-refractivity contribution in [3.8, 4) is 5.75 Å². The number of benzene rings is 2. The van der Waals surface area contributed by atoms with Crippen molar-refractivity contribution in [2.75, 3.05) is 4.90 Å². The Balaban J connectivity index is 1.47. The van der Waals surface area contributed by atoms with Gasteiger partial charge in [-0.15, -0.1) is 0 Å². The fraction of sp³-hybridized carbons (Fsp3) is 0.0909. The minimum Gasteiger partial charge on any atom is -0.484 e. The lowest BCUT2D eigenvalue weighted by Gasteiger charge is -2.14. The van der Waals surface area contributed by atoms with E-state index in [0.717, 1.165) is 5.56 Å². The number of nitrogens with zero attached hydrogens (tertiary/aromatic N) is 1. The average molecular weight is 443 g/mol. The molecule has 152 valence electrons. The van der Waals surface area contributed by atoms with Gasteiger partial charge in [0.15, 0.2) is 5.11 Å². The number of carbonyl (C=O) groups is 1. The smallest absolute Gasteiger partial charge is 0.281 e. The molecule has 0 atom stereocenters. The van der Waals surface area contributed by atoms with Crippen LogP contribution in [-0.2, 0) is 11.4 Å². The van der Waals surface area contributed by atoms with Gasteiger partial charge in [-0.2, -0.15) is 0 Å². The standard InChI is InChI=1S/C22H16ClFN2O3S/c1-13-3-2-4-15(9-13)26-21(27)19(25-22(26)30)11-16-6-7-17(29-16)12-28-20-8-5-14(24)10-18(20)23/h2-11H,12H2,1H3,(H,25,30)/b19-11+. The summed E-state index contributed by atoms with van der Waals surface area (Å²) in [4.78, 5) is 14.3. The summed E-state index contributed by atoms with van der Waals surface area (Å²) in [5, 5.41) is 3.40. The summed E-state index contributed by atoms with van der Waals surface area (Å²) in [5.41, 5.74) is 2.04. The number of nitrogens with one attached hydrogen (secondary N) is 1. The number of halogens is 2. The number of anilines is 1. The molecule has 0 unspecified atom stereocenters. The predicted octanol–water partition coefficient (Wildman–Crippen LogP) is 5.22. The minimum atomic E-state index is -0.439. The van der Waals surface area contributed by atoms with E-state index >= 15 is 0 Å². The molecule has 1 saturated heterocycles. The number of hydrogen-bond donors (Lipinski definition) is 1. The molecule has 1 amide bonds. The fourth-order valence-corrected chi connectivity index (χ4v) is 3.49. The molecule has 0 spiro atoms. The highest BCUT2D eigenvalue weighted by Crippen LogP contribution is 2.27. The molecule has 30 heavy (non-hydrogen) atoms. The molecule has 1 aromatic heterocycles. The zero-order valence-corrected chi connectivity index (χ0v) is 17.4. The Labute approximate surface area is 182 Å². The van der Waals surface area contributed by atoms with Crippen molar-refractivity contribution < 1.29 is 18.3 Å². The molecule has 5 nitrogen and oxygen atoms in total. The molecule has 0 saturated carbocycles. The molecular formula is C22H16ClFN2O3S. The number of carbonyl (C=O) groups excluding carboxylic acids is 1. The fourth-order valence-electron chi connectivity index (χ4n) is 2.97. The first-order valence-corrected chi connectivity index (χ1v) is 9.80. The van der Waals surface area contributed by atoms with Gasteiger partial charge in [0.25, 0.3) is 5.91 Å². The van der Waals surface area contributed by atoms with Gasteiger partial charge in [-0.05, 0) is 67.2 Å². The van der Waals surface area contributed by atoms with Crippen LogP contribution in [0.25, 0.3) is 6.08 Å². The molecule has 1 aliphatic heterocycles. The monoisotopic (exact) mass is 442 g/mol. The summed E-state index contributed by atoms with van der Waals surface area (Å²) in [7, 11) is 0. The van der Waals surface area contributed by atoms with E-state index in [1.165, 1.54) is 23.1 Å². The van der Waals surface area contributed by atoms with Crippen LogP contribution in [-0.4, -0.2) is 11.0 Å². The first-order chi connectivity index (χ1) is 14.4. The Hall–Kier alpha value is -3.16. The average Bonchev–Trinajstić information content (AvgIpc) is 3.25. The Bertz CT molecular complexity index is 1170. The molecule has 2 aromatic carbocycles. The van der Waals surface area contributed by atoms with E-state index in [2.05, 4.69) is 5.32 Å². The van der Waals surface area contributed by atoms with E-state index in [9.17, 15) is 9.18 Å². The molecule has 0 aliphatic carbocycles. The summed E-state index contributed by atoms with van der Waals surface area (Å²) >= 11 is 11.3. The quantitative estimate of drug-likeness (QED) is 0.433. The third-order valence-corrected chi connectivity index (χ3v) is 4.95. The second-order valence-corrected chi connectivity index (χ2v) is 7.43. The van der Waals surface area contributed by atoms with Crippen molar-refractivity contribution in [1.29, 1.82) is 0 Å². The van der Waals surface area contributed by atoms with Crippen LogP contribution in [0.5, 0.6) is 5.75 Å². The summed E-state index contributed by atoms with van der Waals surface area (Å²) in [6.07, 6.45) is 1.58. The normalized spacial score (nSPS) is 15.0. The summed E-state index contributed by atoms with van der Waals surface area (Å²) < 4.78 is 24.4. The topological polar surface area (TPSA) is 54.7 Å². The maximum absolute atomic E-state index is 13.1. The van der Waals surface area contributed by atoms with Gasteiger partial charge < -0.3 is 14.5 Å². The van der Waals surface area contributed by atoms with E-state index in [4.69, 9.17) is 33.0 Å². The lowest BCUT2D eigenvalue weighted by atomic mass is 10.2. The Morgan fingerprint density at radius 1 is 1.23 bits per heavy atom. The van der Waals surface area contributed by atoms with Gasteiger partial charge in [-0.3, -0.25) is 9.69 Å². The van der Waals surface area contributed by atoms with E-state index in [0.29, 0.717) is 33.8 Å². The van der Waals surface area contributed by atoms with Crippen LogP contribution in [0.3, 0.4) is 0 Å². The van der Waals surface area contributed by atoms with Crippen LogP contribution in [0.1, 0.15) is 17.1 Å². The van der Waals surface area contributed by atoms with Gasteiger partial charge >= 0.3 is 0 Å². The molecular weight excluding hydrogens is 427 g/mol. The van der Waals surface area contributed by atoms with Gasteiger partial charge in [0.2, 0.25) is 0 Å². The van der Waals surface area contributed by atoms with Crippen LogP contribution in [0.15, 0.2) is 64.7 Å². The van der Waals surface area contributed by atoms with Gasteiger partial charge in [0.1, 0.15) is 35.4 Å². The Morgan fingerprint density at radius 2 is 2.07 bits per heavy atom. The van der Waals surface area contributed by atoms with Crippen LogP contribution >= 0.6 is 23.8 Å². The van der Waals surface area contributed by atoms with Crippen LogP contribution < -0.4 is 15.0 Å². The largest absolute Gasteiger partial charge is 0.484 e. The van der Waals surface area contributed by atoms with Gasteiger partial charge in [-0.25, -0.2) is 4.39 Å². The van der Waals surface area contributed by atoms with Gasteiger partial charge in [0.05, 0.1) is 10.7 Å². The van der Waals surface area contributed by atoms with Crippen LogP contribution in [0, 0.1) is 12.7 Å². The molecule has 1 aliphatic rings. The number of ether oxygens (including phenoxy) is 1. The van der Waals surface area contributed by atoms with Crippen molar-refractivity contribution in [1.82, 2.24) is 5.32 Å². The zero-order valence-electron chi connectivity index (χ0n) is 15.8. The van der Waals surface area contributed by atoms with Gasteiger partial charge in [-0.1, -0.05) is 23.7 Å². The molecule has 0 radical (unpaired) electrons. The molecule has 1 N–H and O–H groups in total. The lowest BCUT2D eigenvalue weighted by molar-refractivity contribution is -0.113. The first kappa shape index (κ1) is 20.1. The molecule has 4 rings (SSSR count). The number of rotatable bonds is 5. The SMILES string of the molecule is Cc1cccc(N2C(=O)/C(=C\c3ccc(COc4ccc(F)cc4Cl)o3)NC2=S)c1. The van der Waals surface area contributed by atoms with Crippen molar-refractivity contribution >= 4 is 46.6 Å². The number of thiocarbonyl (C=S) groups is 1. The highest BCUT2D eigenvalue weighted by molar-refractivity contribution is 7.80. The van der Waals surface area contributed by atoms with E-state index < -0.39 is 5.82 Å². The highest BCUT2D eigenvalue weighted by Gasteiger charge is 2.32. The number of aryl methyl sites for hydroxylation is 1. The minimum absolute atomic E-state index is 0.101. The van der Waals surface area contributed by atoms with E-state index in [1.807, 2.05) is 31.2 Å². The lowest BCUT2D eigenvalue weighted by Crippen LogP contribution is -2.30. The third-order valence-electron chi connectivity index (χ3n) is 4.37. The number of furan rings is 1. The van der Waals surface area contributed by atoms with Crippen molar-refractivity contribution in [3.05, 3.63) is 88.2 Å². The Morgan fingerprint density at radius 3 is 2.83 bits per heavy atom. The number of hydrogen-bond acceptors (Lipinski definition) is 4. The summed E-state index contributed by atoms with van der Waals surface area (Å²) in [5.74, 6) is 0.624. The van der Waals surface area contributed by atoms with Crippen LogP contribution in [0.2, 0.25) is 5.02 Å². The molecule has 8 heteroatoms. The number of amides is 1. The van der Waals surface area contributed by atoms with Crippen molar-refractivity contribution in [3.63, 3.8) is 0 Å². The molecule has 3 aromatic rings. The second kappa shape index (κ2) is 8.30. The second-order valence-electron chi connectivity index (χ2n) is 6.64. The van der Waals surface area contributed by atoms with E-state index in [-0.39, 0.29) is 17.5 Å². The summed E-state index contributed by atoms with van der Waals surface area (Å²) in [6, 6.07) is 14.9. The maximum atomic E-state index is 13.1. The van der Waals surface area contributed by atoms with Gasteiger partial charge in [0, 0.05) is 6.08 Å². The highest BCUT2D eigenvalue weighted by atomic mass is 35.5. The molecule has 2 heterocycles. The molecule has 1 fully saturated rings. The third kappa shape index (κ3) is 4.22. The zero-order chi connectivity index (χ0) is 21.3. The van der Waals surface area contributed by atoms with Crippen LogP contribution in [0.4, 0.5) is 10.1 Å². The van der Waals surface area contributed by atoms with E-state index in [1.54, 1.807) is 18.2 Å². The summed E-state index contributed by atoms with van der Waals surface area (Å²) in [6.45, 7) is 2.05.